The zero-order chi connectivity index (χ0) is 17.6. The van der Waals surface area contributed by atoms with Gasteiger partial charge in [-0.25, -0.2) is 4.98 Å². The van der Waals surface area contributed by atoms with Crippen LogP contribution in [0.4, 0.5) is 0 Å². The lowest BCUT2D eigenvalue weighted by molar-refractivity contribution is 0.199. The van der Waals surface area contributed by atoms with Crippen LogP contribution in [0.25, 0.3) is 4.96 Å². The zero-order valence-corrected chi connectivity index (χ0v) is 15.4. The number of hydrogen-bond donors (Lipinski definition) is 0. The molecule has 7 nitrogen and oxygen atoms in total. The standard InChI is InChI=1S/C17H21N5O2S/c1-10(2)15-19-16(24-20-15)13-5-4-6-21(13)9-12-7-14(23)22-8-11(3)25-17(22)18-12/h7-8,10,13H,4-6,9H2,1-3H3/t13-/m1/s1. The topological polar surface area (TPSA) is 76.5 Å². The number of nitrogens with zero attached hydrogens (tertiary/aromatic N) is 5. The van der Waals surface area contributed by atoms with Gasteiger partial charge >= 0.3 is 0 Å². The van der Waals surface area contributed by atoms with E-state index in [4.69, 9.17) is 4.52 Å². The Labute approximate surface area is 149 Å². The van der Waals surface area contributed by atoms with Gasteiger partial charge in [-0.05, 0) is 26.3 Å². The summed E-state index contributed by atoms with van der Waals surface area (Å²) < 4.78 is 7.10. The SMILES string of the molecule is Cc1cn2c(=O)cc(CN3CCC[C@@H]3c3nc(C(C)C)no3)nc2s1. The molecule has 1 fully saturated rings. The summed E-state index contributed by atoms with van der Waals surface area (Å²) >= 11 is 1.53. The van der Waals surface area contributed by atoms with E-state index >= 15 is 0 Å². The van der Waals surface area contributed by atoms with Crippen molar-refractivity contribution in [3.63, 3.8) is 0 Å². The summed E-state index contributed by atoms with van der Waals surface area (Å²) in [6.45, 7) is 7.64. The van der Waals surface area contributed by atoms with Crippen LogP contribution in [0.1, 0.15) is 60.9 Å². The lowest BCUT2D eigenvalue weighted by atomic mass is 10.2. The molecule has 8 heteroatoms. The summed E-state index contributed by atoms with van der Waals surface area (Å²) in [5.74, 6) is 1.67. The lowest BCUT2D eigenvalue weighted by Crippen LogP contribution is -2.25. The number of likely N-dealkylation sites (tertiary alicyclic amines) is 1. The van der Waals surface area contributed by atoms with Crippen LogP contribution < -0.4 is 5.56 Å². The molecular weight excluding hydrogens is 338 g/mol. The Balaban J connectivity index is 1.59. The molecule has 3 aromatic rings. The van der Waals surface area contributed by atoms with Crippen molar-refractivity contribution in [3.8, 4) is 0 Å². The molecule has 1 atom stereocenters. The van der Waals surface area contributed by atoms with Gasteiger partial charge in [0.1, 0.15) is 0 Å². The molecule has 0 N–H and O–H groups in total. The average molecular weight is 359 g/mol. The molecular formula is C17H21N5O2S. The van der Waals surface area contributed by atoms with E-state index < -0.39 is 0 Å². The van der Waals surface area contributed by atoms with E-state index in [0.717, 1.165) is 40.7 Å². The van der Waals surface area contributed by atoms with Crippen molar-refractivity contribution in [1.82, 2.24) is 24.4 Å². The van der Waals surface area contributed by atoms with Gasteiger partial charge in [0.15, 0.2) is 10.8 Å². The first-order valence-corrected chi connectivity index (χ1v) is 9.39. The largest absolute Gasteiger partial charge is 0.338 e. The molecule has 1 aliphatic heterocycles. The molecule has 0 aliphatic carbocycles. The van der Waals surface area contributed by atoms with Crippen LogP contribution in [0.15, 0.2) is 21.6 Å². The van der Waals surface area contributed by atoms with Gasteiger partial charge in [0.25, 0.3) is 5.56 Å². The first kappa shape index (κ1) is 16.4. The van der Waals surface area contributed by atoms with Crippen LogP contribution in [-0.4, -0.2) is 31.0 Å². The molecule has 0 unspecified atom stereocenters. The van der Waals surface area contributed by atoms with Crippen molar-refractivity contribution < 1.29 is 4.52 Å². The molecule has 1 aliphatic rings. The van der Waals surface area contributed by atoms with E-state index in [9.17, 15) is 4.79 Å². The molecule has 3 aromatic heterocycles. The smallest absolute Gasteiger partial charge is 0.258 e. The minimum absolute atomic E-state index is 0.0278. The van der Waals surface area contributed by atoms with Gasteiger partial charge in [0.2, 0.25) is 5.89 Å². The monoisotopic (exact) mass is 359 g/mol. The zero-order valence-electron chi connectivity index (χ0n) is 14.6. The highest BCUT2D eigenvalue weighted by molar-refractivity contribution is 7.16. The maximum atomic E-state index is 12.3. The van der Waals surface area contributed by atoms with Crippen LogP contribution in [0.5, 0.6) is 0 Å². The molecule has 0 spiro atoms. The Morgan fingerprint density at radius 1 is 1.40 bits per heavy atom. The third kappa shape index (κ3) is 3.11. The fourth-order valence-corrected chi connectivity index (χ4v) is 4.11. The molecule has 0 bridgehead atoms. The summed E-state index contributed by atoms with van der Waals surface area (Å²) in [6, 6.07) is 1.73. The predicted octanol–water partition coefficient (Wildman–Crippen LogP) is 2.91. The van der Waals surface area contributed by atoms with Gasteiger partial charge in [-0.15, -0.1) is 11.3 Å². The average Bonchev–Trinajstić information content (AvgIpc) is 3.25. The quantitative estimate of drug-likeness (QED) is 0.713. The van der Waals surface area contributed by atoms with Crippen molar-refractivity contribution in [3.05, 3.63) is 44.9 Å². The van der Waals surface area contributed by atoms with Gasteiger partial charge in [0, 0.05) is 29.6 Å². The molecule has 0 radical (unpaired) electrons. The highest BCUT2D eigenvalue weighted by Gasteiger charge is 2.31. The number of aromatic nitrogens is 4. The number of thiazole rings is 1. The van der Waals surface area contributed by atoms with E-state index in [2.05, 4.69) is 33.9 Å². The van der Waals surface area contributed by atoms with Crippen molar-refractivity contribution in [2.24, 2.45) is 0 Å². The summed E-state index contributed by atoms with van der Waals surface area (Å²) in [7, 11) is 0. The highest BCUT2D eigenvalue weighted by atomic mass is 32.1. The van der Waals surface area contributed by atoms with Gasteiger partial charge in [-0.3, -0.25) is 14.1 Å². The van der Waals surface area contributed by atoms with Crippen molar-refractivity contribution >= 4 is 16.3 Å². The van der Waals surface area contributed by atoms with Crippen molar-refractivity contribution in [2.75, 3.05) is 6.54 Å². The van der Waals surface area contributed by atoms with Gasteiger partial charge in [-0.1, -0.05) is 19.0 Å². The minimum atomic E-state index is -0.0278. The van der Waals surface area contributed by atoms with E-state index in [1.807, 2.05) is 13.1 Å². The Bertz CT molecular complexity index is 958. The molecule has 0 saturated carbocycles. The maximum Gasteiger partial charge on any atom is 0.258 e. The molecule has 0 aromatic carbocycles. The van der Waals surface area contributed by atoms with Crippen molar-refractivity contribution in [1.29, 1.82) is 0 Å². The number of fused-ring (bicyclic) bond motifs is 1. The fraction of sp³-hybridized carbons (Fsp3) is 0.529. The second-order valence-electron chi connectivity index (χ2n) is 6.85. The van der Waals surface area contributed by atoms with Crippen LogP contribution in [-0.2, 0) is 6.54 Å². The van der Waals surface area contributed by atoms with Crippen LogP contribution in [0.3, 0.4) is 0 Å². The fourth-order valence-electron chi connectivity index (χ4n) is 3.26. The molecule has 4 heterocycles. The number of hydrogen-bond acceptors (Lipinski definition) is 7. The number of aryl methyl sites for hydroxylation is 1. The summed E-state index contributed by atoms with van der Waals surface area (Å²) in [6.07, 6.45) is 3.89. The Morgan fingerprint density at radius 2 is 2.24 bits per heavy atom. The van der Waals surface area contributed by atoms with Crippen molar-refractivity contribution in [2.45, 2.75) is 52.1 Å². The first-order chi connectivity index (χ1) is 12.0. The van der Waals surface area contributed by atoms with E-state index in [-0.39, 0.29) is 17.5 Å². The Hall–Kier alpha value is -2.06. The Kier molecular flexibility index (Phi) is 4.16. The van der Waals surface area contributed by atoms with Gasteiger partial charge in [0.05, 0.1) is 11.7 Å². The third-order valence-corrected chi connectivity index (χ3v) is 5.42. The Morgan fingerprint density at radius 3 is 3.00 bits per heavy atom. The molecule has 1 saturated heterocycles. The second kappa shape index (κ2) is 6.34. The summed E-state index contributed by atoms with van der Waals surface area (Å²) in [5.41, 5.74) is 0.766. The van der Waals surface area contributed by atoms with Crippen LogP contribution >= 0.6 is 11.3 Å². The van der Waals surface area contributed by atoms with E-state index in [1.54, 1.807) is 10.5 Å². The van der Waals surface area contributed by atoms with E-state index in [0.29, 0.717) is 12.4 Å². The number of rotatable bonds is 4. The predicted molar refractivity (Wildman–Crippen MR) is 94.8 cm³/mol. The molecule has 132 valence electrons. The maximum absolute atomic E-state index is 12.3. The molecule has 4 rings (SSSR count). The first-order valence-electron chi connectivity index (χ1n) is 8.57. The third-order valence-electron chi connectivity index (χ3n) is 4.52. The summed E-state index contributed by atoms with van der Waals surface area (Å²) in [5, 5.41) is 4.08. The molecule has 25 heavy (non-hydrogen) atoms. The summed E-state index contributed by atoms with van der Waals surface area (Å²) in [4.78, 5) is 25.6. The molecule has 0 amide bonds. The van der Waals surface area contributed by atoms with E-state index in [1.165, 1.54) is 11.3 Å². The lowest BCUT2D eigenvalue weighted by Gasteiger charge is -2.20. The van der Waals surface area contributed by atoms with Gasteiger partial charge in [-0.2, -0.15) is 4.98 Å². The normalized spacial score (nSPS) is 18.6. The van der Waals surface area contributed by atoms with Gasteiger partial charge < -0.3 is 4.52 Å². The second-order valence-corrected chi connectivity index (χ2v) is 8.07. The van der Waals surface area contributed by atoms with Crippen LogP contribution in [0, 0.1) is 6.92 Å². The highest BCUT2D eigenvalue weighted by Crippen LogP contribution is 2.32. The van der Waals surface area contributed by atoms with Crippen LogP contribution in [0.2, 0.25) is 0 Å². The minimum Gasteiger partial charge on any atom is -0.338 e.